The SMILES string of the molecule is NC(=O)[C@@H](Cc1ccc(C(=O)O)cc1)NC(=O)c1ccccc1F. The topological polar surface area (TPSA) is 109 Å². The van der Waals surface area contributed by atoms with Crippen molar-refractivity contribution in [1.82, 2.24) is 5.32 Å². The van der Waals surface area contributed by atoms with E-state index in [9.17, 15) is 18.8 Å². The van der Waals surface area contributed by atoms with E-state index in [-0.39, 0.29) is 17.5 Å². The van der Waals surface area contributed by atoms with Crippen molar-refractivity contribution in [3.05, 3.63) is 71.0 Å². The Morgan fingerprint density at radius 1 is 1.08 bits per heavy atom. The quantitative estimate of drug-likeness (QED) is 0.742. The van der Waals surface area contributed by atoms with E-state index in [1.165, 1.54) is 42.5 Å². The van der Waals surface area contributed by atoms with Crippen molar-refractivity contribution in [2.24, 2.45) is 5.73 Å². The average molecular weight is 330 g/mol. The molecule has 0 aliphatic rings. The van der Waals surface area contributed by atoms with Crippen LogP contribution in [0.4, 0.5) is 4.39 Å². The Bertz CT molecular complexity index is 774. The number of rotatable bonds is 6. The second-order valence-corrected chi connectivity index (χ2v) is 5.11. The number of carboxylic acids is 1. The van der Waals surface area contributed by atoms with Gasteiger partial charge in [0.1, 0.15) is 11.9 Å². The molecule has 1 atom stereocenters. The Morgan fingerprint density at radius 2 is 1.71 bits per heavy atom. The number of hydrogen-bond acceptors (Lipinski definition) is 3. The Balaban J connectivity index is 2.12. The van der Waals surface area contributed by atoms with Gasteiger partial charge in [-0.1, -0.05) is 24.3 Å². The third kappa shape index (κ3) is 4.16. The maximum absolute atomic E-state index is 13.6. The number of aromatic carboxylic acids is 1. The molecule has 2 amide bonds. The highest BCUT2D eigenvalue weighted by atomic mass is 19.1. The zero-order valence-corrected chi connectivity index (χ0v) is 12.5. The predicted molar refractivity (Wildman–Crippen MR) is 84.0 cm³/mol. The summed E-state index contributed by atoms with van der Waals surface area (Å²) in [5.74, 6) is -3.30. The second-order valence-electron chi connectivity index (χ2n) is 5.11. The van der Waals surface area contributed by atoms with Crippen molar-refractivity contribution in [2.45, 2.75) is 12.5 Å². The van der Waals surface area contributed by atoms with Gasteiger partial charge in [-0.25, -0.2) is 9.18 Å². The van der Waals surface area contributed by atoms with Crippen LogP contribution in [-0.2, 0) is 11.2 Å². The summed E-state index contributed by atoms with van der Waals surface area (Å²) < 4.78 is 13.6. The summed E-state index contributed by atoms with van der Waals surface area (Å²) in [6, 6.07) is 10.1. The molecule has 4 N–H and O–H groups in total. The van der Waals surface area contributed by atoms with E-state index >= 15 is 0 Å². The number of primary amides is 1. The lowest BCUT2D eigenvalue weighted by atomic mass is 10.0. The highest BCUT2D eigenvalue weighted by Gasteiger charge is 2.21. The van der Waals surface area contributed by atoms with Gasteiger partial charge in [-0.2, -0.15) is 0 Å². The molecule has 0 radical (unpaired) electrons. The Morgan fingerprint density at radius 3 is 2.25 bits per heavy atom. The lowest BCUT2D eigenvalue weighted by Gasteiger charge is -2.16. The van der Waals surface area contributed by atoms with Gasteiger partial charge in [0.05, 0.1) is 11.1 Å². The van der Waals surface area contributed by atoms with E-state index in [2.05, 4.69) is 5.32 Å². The molecule has 0 saturated carbocycles. The molecule has 0 fully saturated rings. The molecule has 0 bridgehead atoms. The van der Waals surface area contributed by atoms with E-state index in [1.54, 1.807) is 0 Å². The number of halogens is 1. The maximum atomic E-state index is 13.6. The smallest absolute Gasteiger partial charge is 0.335 e. The highest BCUT2D eigenvalue weighted by molar-refractivity contribution is 5.97. The summed E-state index contributed by atoms with van der Waals surface area (Å²) in [6.07, 6.45) is 0.0649. The molecule has 0 spiro atoms. The number of nitrogens with two attached hydrogens (primary N) is 1. The summed E-state index contributed by atoms with van der Waals surface area (Å²) in [5, 5.41) is 11.2. The van der Waals surface area contributed by atoms with Gasteiger partial charge in [-0.15, -0.1) is 0 Å². The molecule has 0 aliphatic heterocycles. The van der Waals surface area contributed by atoms with Crippen molar-refractivity contribution in [2.75, 3.05) is 0 Å². The lowest BCUT2D eigenvalue weighted by Crippen LogP contribution is -2.46. The molecule has 6 nitrogen and oxygen atoms in total. The van der Waals surface area contributed by atoms with E-state index in [0.29, 0.717) is 5.56 Å². The Labute approximate surface area is 137 Å². The number of carbonyl (C=O) groups is 3. The standard InChI is InChI=1S/C17H15FN2O4/c18-13-4-2-1-3-12(13)16(22)20-14(15(19)21)9-10-5-7-11(8-6-10)17(23)24/h1-8,14H,9H2,(H2,19,21)(H,20,22)(H,23,24)/t14-/m1/s1. The van der Waals surface area contributed by atoms with Gasteiger partial charge >= 0.3 is 5.97 Å². The normalized spacial score (nSPS) is 11.5. The van der Waals surface area contributed by atoms with E-state index in [4.69, 9.17) is 10.8 Å². The van der Waals surface area contributed by atoms with Crippen LogP contribution in [0.3, 0.4) is 0 Å². The van der Waals surface area contributed by atoms with E-state index < -0.39 is 29.6 Å². The van der Waals surface area contributed by atoms with Crippen LogP contribution in [0.15, 0.2) is 48.5 Å². The van der Waals surface area contributed by atoms with E-state index in [0.717, 1.165) is 6.07 Å². The van der Waals surface area contributed by atoms with Gasteiger partial charge in [0, 0.05) is 6.42 Å². The molecule has 124 valence electrons. The van der Waals surface area contributed by atoms with Crippen molar-refractivity contribution >= 4 is 17.8 Å². The number of amides is 2. The summed E-state index contributed by atoms with van der Waals surface area (Å²) in [7, 11) is 0. The fourth-order valence-electron chi connectivity index (χ4n) is 2.12. The fraction of sp³-hybridized carbons (Fsp3) is 0.118. The third-order valence-electron chi connectivity index (χ3n) is 3.41. The third-order valence-corrected chi connectivity index (χ3v) is 3.41. The summed E-state index contributed by atoms with van der Waals surface area (Å²) in [6.45, 7) is 0. The van der Waals surface area contributed by atoms with Crippen molar-refractivity contribution in [1.29, 1.82) is 0 Å². The van der Waals surface area contributed by atoms with Gasteiger partial charge in [-0.05, 0) is 29.8 Å². The number of carboxylic acid groups (broad SMARTS) is 1. The van der Waals surface area contributed by atoms with Crippen LogP contribution in [0, 0.1) is 5.82 Å². The number of carbonyl (C=O) groups excluding carboxylic acids is 2. The van der Waals surface area contributed by atoms with Crippen LogP contribution in [0.2, 0.25) is 0 Å². The van der Waals surface area contributed by atoms with Gasteiger partial charge in [0.2, 0.25) is 5.91 Å². The van der Waals surface area contributed by atoms with E-state index in [1.807, 2.05) is 0 Å². The van der Waals surface area contributed by atoms with Crippen LogP contribution in [0.1, 0.15) is 26.3 Å². The first kappa shape index (κ1) is 17.1. The molecular formula is C17H15FN2O4. The molecule has 24 heavy (non-hydrogen) atoms. The molecule has 2 aromatic carbocycles. The second kappa shape index (κ2) is 7.36. The largest absolute Gasteiger partial charge is 0.478 e. The molecule has 0 aromatic heterocycles. The molecular weight excluding hydrogens is 315 g/mol. The molecule has 0 aliphatic carbocycles. The molecule has 2 rings (SSSR count). The van der Waals surface area contributed by atoms with Gasteiger partial charge in [-0.3, -0.25) is 9.59 Å². The van der Waals surface area contributed by atoms with Crippen LogP contribution in [0.5, 0.6) is 0 Å². The summed E-state index contributed by atoms with van der Waals surface area (Å²) in [4.78, 5) is 34.4. The summed E-state index contributed by atoms with van der Waals surface area (Å²) in [5.41, 5.74) is 5.81. The van der Waals surface area contributed by atoms with Crippen LogP contribution in [0.25, 0.3) is 0 Å². The molecule has 0 saturated heterocycles. The zero-order chi connectivity index (χ0) is 17.7. The zero-order valence-electron chi connectivity index (χ0n) is 12.5. The van der Waals surface area contributed by atoms with Gasteiger partial charge in [0.15, 0.2) is 0 Å². The first-order valence-electron chi connectivity index (χ1n) is 7.05. The minimum atomic E-state index is -1.07. The van der Waals surface area contributed by atoms with Crippen molar-refractivity contribution in [3.8, 4) is 0 Å². The summed E-state index contributed by atoms with van der Waals surface area (Å²) >= 11 is 0. The molecule has 0 heterocycles. The van der Waals surface area contributed by atoms with Crippen molar-refractivity contribution in [3.63, 3.8) is 0 Å². The fourth-order valence-corrected chi connectivity index (χ4v) is 2.12. The minimum Gasteiger partial charge on any atom is -0.478 e. The van der Waals surface area contributed by atoms with Crippen molar-refractivity contribution < 1.29 is 23.9 Å². The van der Waals surface area contributed by atoms with Gasteiger partial charge < -0.3 is 16.2 Å². The van der Waals surface area contributed by atoms with Crippen LogP contribution in [-0.4, -0.2) is 28.9 Å². The number of hydrogen-bond donors (Lipinski definition) is 3. The monoisotopic (exact) mass is 330 g/mol. The Hall–Kier alpha value is -3.22. The lowest BCUT2D eigenvalue weighted by molar-refractivity contribution is -0.119. The average Bonchev–Trinajstić information content (AvgIpc) is 2.54. The number of benzene rings is 2. The number of nitrogens with one attached hydrogen (secondary N) is 1. The molecule has 7 heteroatoms. The Kier molecular flexibility index (Phi) is 5.26. The molecule has 0 unspecified atom stereocenters. The first-order valence-corrected chi connectivity index (χ1v) is 7.05. The maximum Gasteiger partial charge on any atom is 0.335 e. The minimum absolute atomic E-state index is 0.0649. The highest BCUT2D eigenvalue weighted by Crippen LogP contribution is 2.10. The van der Waals surface area contributed by atoms with Crippen LogP contribution >= 0.6 is 0 Å². The van der Waals surface area contributed by atoms with Crippen LogP contribution < -0.4 is 11.1 Å². The first-order chi connectivity index (χ1) is 11.4. The molecule has 2 aromatic rings. The predicted octanol–water partition coefficient (Wildman–Crippen LogP) is 1.35. The van der Waals surface area contributed by atoms with Gasteiger partial charge in [0.25, 0.3) is 5.91 Å².